The van der Waals surface area contributed by atoms with E-state index in [0.717, 1.165) is 19.3 Å². The van der Waals surface area contributed by atoms with Gasteiger partial charge in [-0.15, -0.1) is 0 Å². The van der Waals surface area contributed by atoms with Gasteiger partial charge in [0.25, 0.3) is 0 Å². The minimum absolute atomic E-state index is 0.0901. The van der Waals surface area contributed by atoms with E-state index in [2.05, 4.69) is 16.6 Å². The van der Waals surface area contributed by atoms with Crippen LogP contribution in [-0.4, -0.2) is 32.3 Å². The zero-order valence-corrected chi connectivity index (χ0v) is 10.5. The Kier molecular flexibility index (Phi) is 8.82. The Morgan fingerprint density at radius 1 is 1.41 bits per heavy atom. The fourth-order valence-corrected chi connectivity index (χ4v) is 1.27. The lowest BCUT2D eigenvalue weighted by Crippen LogP contribution is -2.25. The van der Waals surface area contributed by atoms with Crippen molar-refractivity contribution in [1.29, 1.82) is 0 Å². The molecular formula is C12H21NO4. The number of amides is 1. The van der Waals surface area contributed by atoms with Gasteiger partial charge in [0.05, 0.1) is 13.0 Å². The molecule has 0 aliphatic rings. The summed E-state index contributed by atoms with van der Waals surface area (Å²) in [6.07, 6.45) is 3.50. The number of hydrogen-bond acceptors (Lipinski definition) is 4. The highest BCUT2D eigenvalue weighted by molar-refractivity contribution is 5.71. The SMILES string of the molecule is C=CCOC(=O)NCCCC[C@H](C)C(=O)OC. The lowest BCUT2D eigenvalue weighted by molar-refractivity contribution is -0.145. The second kappa shape index (κ2) is 9.69. The van der Waals surface area contributed by atoms with Gasteiger partial charge in [-0.25, -0.2) is 4.79 Å². The molecule has 0 spiro atoms. The van der Waals surface area contributed by atoms with Crippen LogP contribution in [0, 0.1) is 5.92 Å². The average molecular weight is 243 g/mol. The van der Waals surface area contributed by atoms with Gasteiger partial charge in [-0.2, -0.15) is 0 Å². The first-order chi connectivity index (χ1) is 8.11. The molecule has 0 radical (unpaired) electrons. The Bertz CT molecular complexity index is 253. The van der Waals surface area contributed by atoms with Crippen LogP contribution in [0.2, 0.25) is 0 Å². The Morgan fingerprint density at radius 2 is 2.12 bits per heavy atom. The van der Waals surface area contributed by atoms with E-state index < -0.39 is 6.09 Å². The third-order valence-electron chi connectivity index (χ3n) is 2.27. The minimum atomic E-state index is -0.439. The summed E-state index contributed by atoms with van der Waals surface area (Å²) in [6, 6.07) is 0. The van der Waals surface area contributed by atoms with Crippen molar-refractivity contribution in [2.75, 3.05) is 20.3 Å². The van der Waals surface area contributed by atoms with Gasteiger partial charge >= 0.3 is 12.1 Å². The molecule has 0 aromatic carbocycles. The van der Waals surface area contributed by atoms with Gasteiger partial charge in [0.15, 0.2) is 0 Å². The van der Waals surface area contributed by atoms with E-state index in [1.54, 1.807) is 0 Å². The molecule has 98 valence electrons. The van der Waals surface area contributed by atoms with E-state index >= 15 is 0 Å². The molecule has 0 saturated heterocycles. The molecule has 0 aliphatic carbocycles. The number of hydrogen-bond donors (Lipinski definition) is 1. The number of ether oxygens (including phenoxy) is 2. The molecule has 0 bridgehead atoms. The number of unbranched alkanes of at least 4 members (excludes halogenated alkanes) is 1. The third kappa shape index (κ3) is 8.30. The molecule has 0 aromatic heterocycles. The summed E-state index contributed by atoms with van der Waals surface area (Å²) in [4.78, 5) is 22.1. The van der Waals surface area contributed by atoms with Crippen LogP contribution in [0.25, 0.3) is 0 Å². The van der Waals surface area contributed by atoms with Crippen LogP contribution in [0.3, 0.4) is 0 Å². The lowest BCUT2D eigenvalue weighted by atomic mass is 10.0. The second-order valence-electron chi connectivity index (χ2n) is 3.73. The lowest BCUT2D eigenvalue weighted by Gasteiger charge is -2.09. The molecule has 1 N–H and O–H groups in total. The van der Waals surface area contributed by atoms with E-state index in [0.29, 0.717) is 6.54 Å². The topological polar surface area (TPSA) is 64.6 Å². The van der Waals surface area contributed by atoms with Crippen LogP contribution >= 0.6 is 0 Å². The Morgan fingerprint density at radius 3 is 2.71 bits per heavy atom. The average Bonchev–Trinajstić information content (AvgIpc) is 2.34. The van der Waals surface area contributed by atoms with Crippen molar-refractivity contribution >= 4 is 12.1 Å². The van der Waals surface area contributed by atoms with Crippen LogP contribution in [0.5, 0.6) is 0 Å². The summed E-state index contributed by atoms with van der Waals surface area (Å²) in [5, 5.41) is 2.61. The summed E-state index contributed by atoms with van der Waals surface area (Å²) < 4.78 is 9.35. The fourth-order valence-electron chi connectivity index (χ4n) is 1.27. The number of carbonyl (C=O) groups is 2. The monoisotopic (exact) mass is 243 g/mol. The molecule has 0 aliphatic heterocycles. The highest BCUT2D eigenvalue weighted by Crippen LogP contribution is 2.08. The highest BCUT2D eigenvalue weighted by Gasteiger charge is 2.11. The molecule has 0 saturated carbocycles. The number of esters is 1. The van der Waals surface area contributed by atoms with Gasteiger partial charge in [-0.3, -0.25) is 4.79 Å². The van der Waals surface area contributed by atoms with Gasteiger partial charge in [0.1, 0.15) is 6.61 Å². The molecule has 0 rings (SSSR count). The molecule has 0 unspecified atom stereocenters. The molecule has 1 amide bonds. The van der Waals surface area contributed by atoms with E-state index in [4.69, 9.17) is 4.74 Å². The normalized spacial score (nSPS) is 11.4. The summed E-state index contributed by atoms with van der Waals surface area (Å²) in [7, 11) is 1.38. The fraction of sp³-hybridized carbons (Fsp3) is 0.667. The van der Waals surface area contributed by atoms with Crippen LogP contribution in [0.4, 0.5) is 4.79 Å². The van der Waals surface area contributed by atoms with E-state index in [-0.39, 0.29) is 18.5 Å². The minimum Gasteiger partial charge on any atom is -0.469 e. The molecular weight excluding hydrogens is 222 g/mol. The first-order valence-corrected chi connectivity index (χ1v) is 5.71. The van der Waals surface area contributed by atoms with Crippen molar-refractivity contribution in [1.82, 2.24) is 5.32 Å². The van der Waals surface area contributed by atoms with Gasteiger partial charge in [0, 0.05) is 6.54 Å². The summed E-state index contributed by atoms with van der Waals surface area (Å²) in [5.41, 5.74) is 0. The smallest absolute Gasteiger partial charge is 0.407 e. The molecule has 0 heterocycles. The summed E-state index contributed by atoms with van der Waals surface area (Å²) >= 11 is 0. The Balaban J connectivity index is 3.43. The van der Waals surface area contributed by atoms with E-state index in [1.165, 1.54) is 13.2 Å². The Labute approximate surface area is 102 Å². The zero-order chi connectivity index (χ0) is 13.1. The van der Waals surface area contributed by atoms with Gasteiger partial charge < -0.3 is 14.8 Å². The quantitative estimate of drug-likeness (QED) is 0.401. The number of nitrogens with one attached hydrogen (secondary N) is 1. The molecule has 17 heavy (non-hydrogen) atoms. The van der Waals surface area contributed by atoms with Crippen LogP contribution in [0.1, 0.15) is 26.2 Å². The van der Waals surface area contributed by atoms with Gasteiger partial charge in [-0.05, 0) is 12.8 Å². The molecule has 1 atom stereocenters. The molecule has 0 aromatic rings. The maximum Gasteiger partial charge on any atom is 0.407 e. The number of rotatable bonds is 8. The van der Waals surface area contributed by atoms with Crippen molar-refractivity contribution in [3.63, 3.8) is 0 Å². The number of alkyl carbamates (subject to hydrolysis) is 1. The first kappa shape index (κ1) is 15.5. The predicted molar refractivity (Wildman–Crippen MR) is 64.6 cm³/mol. The Hall–Kier alpha value is -1.52. The molecule has 5 nitrogen and oxygen atoms in total. The van der Waals surface area contributed by atoms with E-state index in [1.807, 2.05) is 6.92 Å². The maximum absolute atomic E-state index is 11.1. The van der Waals surface area contributed by atoms with Crippen molar-refractivity contribution in [2.45, 2.75) is 26.2 Å². The number of methoxy groups -OCH3 is 1. The third-order valence-corrected chi connectivity index (χ3v) is 2.27. The maximum atomic E-state index is 11.1. The van der Waals surface area contributed by atoms with Crippen molar-refractivity contribution in [3.8, 4) is 0 Å². The van der Waals surface area contributed by atoms with Crippen LogP contribution < -0.4 is 5.32 Å². The molecule has 5 heteroatoms. The molecule has 0 fully saturated rings. The zero-order valence-electron chi connectivity index (χ0n) is 10.5. The van der Waals surface area contributed by atoms with Crippen molar-refractivity contribution in [2.24, 2.45) is 5.92 Å². The van der Waals surface area contributed by atoms with Crippen molar-refractivity contribution < 1.29 is 19.1 Å². The number of carbonyl (C=O) groups excluding carboxylic acids is 2. The second-order valence-corrected chi connectivity index (χ2v) is 3.73. The largest absolute Gasteiger partial charge is 0.469 e. The van der Waals surface area contributed by atoms with Gasteiger partial charge in [0.2, 0.25) is 0 Å². The highest BCUT2D eigenvalue weighted by atomic mass is 16.5. The van der Waals surface area contributed by atoms with Crippen molar-refractivity contribution in [3.05, 3.63) is 12.7 Å². The summed E-state index contributed by atoms with van der Waals surface area (Å²) in [6.45, 7) is 6.03. The first-order valence-electron chi connectivity index (χ1n) is 5.71. The van der Waals surface area contributed by atoms with Crippen LogP contribution in [0.15, 0.2) is 12.7 Å². The summed E-state index contributed by atoms with van der Waals surface area (Å²) in [5.74, 6) is -0.281. The van der Waals surface area contributed by atoms with Crippen LogP contribution in [-0.2, 0) is 14.3 Å². The van der Waals surface area contributed by atoms with E-state index in [9.17, 15) is 9.59 Å². The van der Waals surface area contributed by atoms with Gasteiger partial charge in [-0.1, -0.05) is 26.0 Å². The standard InChI is InChI=1S/C12H21NO4/c1-4-9-17-12(15)13-8-6-5-7-10(2)11(14)16-3/h4,10H,1,5-9H2,2-3H3,(H,13,15)/t10-/m0/s1. The predicted octanol–water partition coefficient (Wildman–Crippen LogP) is 1.88.